The lowest BCUT2D eigenvalue weighted by Gasteiger charge is -2.12. The van der Waals surface area contributed by atoms with E-state index in [-0.39, 0.29) is 12.1 Å². The fourth-order valence-corrected chi connectivity index (χ4v) is 1.28. The van der Waals surface area contributed by atoms with E-state index < -0.39 is 6.04 Å². The van der Waals surface area contributed by atoms with Crippen LogP contribution < -0.4 is 5.73 Å². The van der Waals surface area contributed by atoms with Crippen molar-refractivity contribution in [3.8, 4) is 0 Å². The van der Waals surface area contributed by atoms with Gasteiger partial charge in [-0.3, -0.25) is 4.79 Å². The molecule has 0 aromatic heterocycles. The second-order valence-electron chi connectivity index (χ2n) is 3.13. The molecule has 0 aliphatic heterocycles. The summed E-state index contributed by atoms with van der Waals surface area (Å²) in [6.45, 7) is 1.65. The zero-order valence-corrected chi connectivity index (χ0v) is 6.88. The van der Waals surface area contributed by atoms with E-state index in [9.17, 15) is 4.79 Å². The summed E-state index contributed by atoms with van der Waals surface area (Å²) < 4.78 is 5.11. The Morgan fingerprint density at radius 3 is 2.55 bits per heavy atom. The van der Waals surface area contributed by atoms with Gasteiger partial charge in [0.05, 0.1) is 0 Å². The van der Waals surface area contributed by atoms with Crippen LogP contribution in [0.3, 0.4) is 0 Å². The van der Waals surface area contributed by atoms with Crippen molar-refractivity contribution in [2.75, 3.05) is 0 Å². The van der Waals surface area contributed by atoms with Crippen LogP contribution >= 0.6 is 0 Å². The van der Waals surface area contributed by atoms with Gasteiger partial charge < -0.3 is 10.5 Å². The third-order valence-corrected chi connectivity index (χ3v) is 1.96. The first-order chi connectivity index (χ1) is 5.20. The van der Waals surface area contributed by atoms with Crippen molar-refractivity contribution in [3.05, 3.63) is 0 Å². The third kappa shape index (κ3) is 2.50. The molecule has 11 heavy (non-hydrogen) atoms. The highest BCUT2D eigenvalue weighted by Gasteiger charge is 2.20. The van der Waals surface area contributed by atoms with Crippen molar-refractivity contribution in [1.82, 2.24) is 0 Å². The molecule has 0 saturated heterocycles. The fraction of sp³-hybridized carbons (Fsp3) is 0.875. The molecular weight excluding hydrogens is 142 g/mol. The highest BCUT2D eigenvalue weighted by molar-refractivity contribution is 5.75. The SMILES string of the molecule is C[C@@H](N)C(=O)OC1CCCC1. The average Bonchev–Trinajstić information content (AvgIpc) is 2.39. The lowest BCUT2D eigenvalue weighted by Crippen LogP contribution is -2.31. The molecule has 0 aromatic carbocycles. The Balaban J connectivity index is 2.24. The summed E-state index contributed by atoms with van der Waals surface area (Å²) in [7, 11) is 0. The Morgan fingerprint density at radius 2 is 2.09 bits per heavy atom. The molecule has 3 heteroatoms. The Bertz CT molecular complexity index is 139. The molecule has 0 radical (unpaired) electrons. The number of esters is 1. The van der Waals surface area contributed by atoms with Gasteiger partial charge in [0, 0.05) is 0 Å². The minimum atomic E-state index is -0.476. The van der Waals surface area contributed by atoms with Gasteiger partial charge in [0.15, 0.2) is 0 Å². The smallest absolute Gasteiger partial charge is 0.322 e. The molecule has 1 aliphatic rings. The minimum Gasteiger partial charge on any atom is -0.461 e. The number of hydrogen-bond acceptors (Lipinski definition) is 3. The standard InChI is InChI=1S/C8H15NO2/c1-6(9)8(10)11-7-4-2-3-5-7/h6-7H,2-5,9H2,1H3/t6-/m1/s1. The van der Waals surface area contributed by atoms with Crippen LogP contribution in [-0.4, -0.2) is 18.1 Å². The third-order valence-electron chi connectivity index (χ3n) is 1.96. The van der Waals surface area contributed by atoms with E-state index in [1.165, 1.54) is 12.8 Å². The topological polar surface area (TPSA) is 52.3 Å². The number of nitrogens with two attached hydrogens (primary N) is 1. The van der Waals surface area contributed by atoms with Crippen LogP contribution in [0.1, 0.15) is 32.6 Å². The molecule has 1 saturated carbocycles. The largest absolute Gasteiger partial charge is 0.461 e. The van der Waals surface area contributed by atoms with Crippen LogP contribution in [-0.2, 0) is 9.53 Å². The predicted octanol–water partition coefficient (Wildman–Crippen LogP) is 0.819. The molecule has 0 bridgehead atoms. The maximum absolute atomic E-state index is 11.0. The fourth-order valence-electron chi connectivity index (χ4n) is 1.28. The second kappa shape index (κ2) is 3.72. The lowest BCUT2D eigenvalue weighted by molar-refractivity contribution is -0.149. The molecule has 3 nitrogen and oxygen atoms in total. The number of carbonyl (C=O) groups excluding carboxylic acids is 1. The molecule has 64 valence electrons. The molecule has 1 aliphatic carbocycles. The zero-order chi connectivity index (χ0) is 8.27. The normalized spacial score (nSPS) is 21.6. The van der Waals surface area contributed by atoms with Crippen molar-refractivity contribution < 1.29 is 9.53 Å². The Kier molecular flexibility index (Phi) is 2.88. The first kappa shape index (κ1) is 8.53. The molecule has 0 aromatic rings. The van der Waals surface area contributed by atoms with Crippen molar-refractivity contribution in [1.29, 1.82) is 0 Å². The van der Waals surface area contributed by atoms with Crippen LogP contribution in [0.25, 0.3) is 0 Å². The molecular formula is C8H15NO2. The van der Waals surface area contributed by atoms with E-state index in [1.807, 2.05) is 0 Å². The molecule has 2 N–H and O–H groups in total. The maximum Gasteiger partial charge on any atom is 0.322 e. The summed E-state index contributed by atoms with van der Waals surface area (Å²) >= 11 is 0. The second-order valence-corrected chi connectivity index (χ2v) is 3.13. The van der Waals surface area contributed by atoms with Gasteiger partial charge in [0.2, 0.25) is 0 Å². The number of ether oxygens (including phenoxy) is 1. The highest BCUT2D eigenvalue weighted by atomic mass is 16.5. The minimum absolute atomic E-state index is 0.147. The monoisotopic (exact) mass is 157 g/mol. The summed E-state index contributed by atoms with van der Waals surface area (Å²) in [4.78, 5) is 11.0. The highest BCUT2D eigenvalue weighted by Crippen LogP contribution is 2.20. The summed E-state index contributed by atoms with van der Waals surface area (Å²) in [5.74, 6) is -0.267. The van der Waals surface area contributed by atoms with Crippen LogP contribution in [0.5, 0.6) is 0 Å². The summed E-state index contributed by atoms with van der Waals surface area (Å²) in [6, 6.07) is -0.476. The summed E-state index contributed by atoms with van der Waals surface area (Å²) in [5, 5.41) is 0. The van der Waals surface area contributed by atoms with Crippen LogP contribution in [0.15, 0.2) is 0 Å². The molecule has 0 heterocycles. The zero-order valence-electron chi connectivity index (χ0n) is 6.88. The molecule has 1 fully saturated rings. The van der Waals surface area contributed by atoms with E-state index >= 15 is 0 Å². The quantitative estimate of drug-likeness (QED) is 0.604. The van der Waals surface area contributed by atoms with Gasteiger partial charge in [0.1, 0.15) is 12.1 Å². The van der Waals surface area contributed by atoms with Crippen LogP contribution in [0, 0.1) is 0 Å². The Morgan fingerprint density at radius 1 is 1.55 bits per heavy atom. The van der Waals surface area contributed by atoms with Crippen molar-refractivity contribution >= 4 is 5.97 Å². The molecule has 1 rings (SSSR count). The predicted molar refractivity (Wildman–Crippen MR) is 42.0 cm³/mol. The van der Waals surface area contributed by atoms with E-state index in [2.05, 4.69) is 0 Å². The number of hydrogen-bond donors (Lipinski definition) is 1. The van der Waals surface area contributed by atoms with Gasteiger partial charge in [-0.25, -0.2) is 0 Å². The number of rotatable bonds is 2. The van der Waals surface area contributed by atoms with E-state index in [4.69, 9.17) is 10.5 Å². The van der Waals surface area contributed by atoms with E-state index in [0.717, 1.165) is 12.8 Å². The molecule has 1 atom stereocenters. The first-order valence-electron chi connectivity index (χ1n) is 4.16. The molecule has 0 amide bonds. The first-order valence-corrected chi connectivity index (χ1v) is 4.16. The van der Waals surface area contributed by atoms with Crippen molar-refractivity contribution in [2.24, 2.45) is 5.73 Å². The Hall–Kier alpha value is -0.570. The van der Waals surface area contributed by atoms with Gasteiger partial charge in [0.25, 0.3) is 0 Å². The van der Waals surface area contributed by atoms with Gasteiger partial charge in [-0.05, 0) is 32.6 Å². The van der Waals surface area contributed by atoms with E-state index in [1.54, 1.807) is 6.92 Å². The molecule has 0 spiro atoms. The summed E-state index contributed by atoms with van der Waals surface area (Å²) in [5.41, 5.74) is 5.34. The van der Waals surface area contributed by atoms with Crippen molar-refractivity contribution in [2.45, 2.75) is 44.8 Å². The van der Waals surface area contributed by atoms with Crippen LogP contribution in [0.2, 0.25) is 0 Å². The number of carbonyl (C=O) groups is 1. The van der Waals surface area contributed by atoms with Gasteiger partial charge in [-0.1, -0.05) is 0 Å². The van der Waals surface area contributed by atoms with Crippen LogP contribution in [0.4, 0.5) is 0 Å². The summed E-state index contributed by atoms with van der Waals surface area (Å²) in [6.07, 6.45) is 4.53. The molecule has 0 unspecified atom stereocenters. The van der Waals surface area contributed by atoms with E-state index in [0.29, 0.717) is 0 Å². The lowest BCUT2D eigenvalue weighted by atomic mass is 10.3. The average molecular weight is 157 g/mol. The maximum atomic E-state index is 11.0. The van der Waals surface area contributed by atoms with Gasteiger partial charge in [-0.2, -0.15) is 0 Å². The van der Waals surface area contributed by atoms with Gasteiger partial charge in [-0.15, -0.1) is 0 Å². The van der Waals surface area contributed by atoms with Gasteiger partial charge >= 0.3 is 5.97 Å². The van der Waals surface area contributed by atoms with Crippen molar-refractivity contribution in [3.63, 3.8) is 0 Å². The Labute approximate surface area is 66.9 Å².